The normalized spacial score (nSPS) is 19.5. The van der Waals surface area contributed by atoms with E-state index in [0.29, 0.717) is 31.1 Å². The molecular weight excluding hydrogens is 442 g/mol. The first-order valence-electron chi connectivity index (χ1n) is 11.6. The number of nitriles is 1. The Labute approximate surface area is 195 Å². The summed E-state index contributed by atoms with van der Waals surface area (Å²) in [6, 6.07) is 8.84. The molecule has 0 radical (unpaired) electrons. The Morgan fingerprint density at radius 3 is 2.39 bits per heavy atom. The standard InChI is InChI=1S/C23H31N5O4S/c1-18(27-12-14-31-15-13-27)17-25-23-21(16-24)26-22(32-23)19-6-8-20(9-7-19)33(29,30)28-10-4-2-3-5-11-28/h6-9,18,25H,2-5,10-15,17H2,1H3. The number of nitrogens with zero attached hydrogens (tertiary/aromatic N) is 4. The fraction of sp³-hybridized carbons (Fsp3) is 0.565. The Hall–Kier alpha value is -2.45. The second-order valence-electron chi connectivity index (χ2n) is 8.53. The number of sulfonamides is 1. The molecule has 3 heterocycles. The van der Waals surface area contributed by atoms with Gasteiger partial charge in [0, 0.05) is 44.3 Å². The fourth-order valence-electron chi connectivity index (χ4n) is 4.23. The predicted molar refractivity (Wildman–Crippen MR) is 124 cm³/mol. The first-order chi connectivity index (χ1) is 16.0. The van der Waals surface area contributed by atoms with Crippen molar-refractivity contribution in [1.29, 1.82) is 5.26 Å². The smallest absolute Gasteiger partial charge is 0.243 e. The Morgan fingerprint density at radius 2 is 1.76 bits per heavy atom. The van der Waals surface area contributed by atoms with E-state index in [2.05, 4.69) is 28.2 Å². The third-order valence-electron chi connectivity index (χ3n) is 6.26. The summed E-state index contributed by atoms with van der Waals surface area (Å²) in [4.78, 5) is 6.88. The van der Waals surface area contributed by atoms with E-state index in [4.69, 9.17) is 9.15 Å². The summed E-state index contributed by atoms with van der Waals surface area (Å²) >= 11 is 0. The van der Waals surface area contributed by atoms with Gasteiger partial charge in [-0.15, -0.1) is 0 Å². The van der Waals surface area contributed by atoms with E-state index < -0.39 is 10.0 Å². The molecule has 0 bridgehead atoms. The van der Waals surface area contributed by atoms with Crippen LogP contribution in [0, 0.1) is 11.3 Å². The van der Waals surface area contributed by atoms with Gasteiger partial charge in [-0.25, -0.2) is 8.42 Å². The highest BCUT2D eigenvalue weighted by Gasteiger charge is 2.25. The topological polar surface area (TPSA) is 112 Å². The van der Waals surface area contributed by atoms with E-state index in [1.165, 1.54) is 0 Å². The Morgan fingerprint density at radius 1 is 1.09 bits per heavy atom. The Kier molecular flexibility index (Phi) is 7.65. The summed E-state index contributed by atoms with van der Waals surface area (Å²) in [6.45, 7) is 7.06. The maximum atomic E-state index is 13.0. The molecule has 9 nitrogen and oxygen atoms in total. The summed E-state index contributed by atoms with van der Waals surface area (Å²) in [7, 11) is -3.52. The van der Waals surface area contributed by atoms with Gasteiger partial charge in [-0.1, -0.05) is 12.8 Å². The largest absolute Gasteiger partial charge is 0.419 e. The third kappa shape index (κ3) is 5.55. The summed E-state index contributed by atoms with van der Waals surface area (Å²) in [5, 5.41) is 12.7. The molecule has 2 aliphatic heterocycles. The summed E-state index contributed by atoms with van der Waals surface area (Å²) in [5.74, 6) is 0.612. The lowest BCUT2D eigenvalue weighted by atomic mass is 10.2. The molecule has 2 aromatic rings. The molecule has 0 aliphatic carbocycles. The van der Waals surface area contributed by atoms with Gasteiger partial charge >= 0.3 is 0 Å². The van der Waals surface area contributed by atoms with Gasteiger partial charge in [-0.3, -0.25) is 4.90 Å². The number of hydrogen-bond donors (Lipinski definition) is 1. The maximum absolute atomic E-state index is 13.0. The van der Waals surface area contributed by atoms with Crippen LogP contribution in [0.3, 0.4) is 0 Å². The van der Waals surface area contributed by atoms with Crippen molar-refractivity contribution in [1.82, 2.24) is 14.2 Å². The van der Waals surface area contributed by atoms with Crippen molar-refractivity contribution in [2.45, 2.75) is 43.5 Å². The zero-order valence-corrected chi connectivity index (χ0v) is 19.8. The summed E-state index contributed by atoms with van der Waals surface area (Å²) < 4.78 is 38.8. The van der Waals surface area contributed by atoms with E-state index in [0.717, 1.165) is 52.0 Å². The number of ether oxygens (including phenoxy) is 1. The van der Waals surface area contributed by atoms with Gasteiger partial charge in [-0.2, -0.15) is 14.6 Å². The average molecular weight is 474 g/mol. The highest BCUT2D eigenvalue weighted by molar-refractivity contribution is 7.89. The third-order valence-corrected chi connectivity index (χ3v) is 8.18. The number of aromatic nitrogens is 1. The quantitative estimate of drug-likeness (QED) is 0.653. The Bertz CT molecular complexity index is 1060. The van der Waals surface area contributed by atoms with Gasteiger partial charge in [0.05, 0.1) is 18.1 Å². The fourth-order valence-corrected chi connectivity index (χ4v) is 5.74. The number of hydrogen-bond acceptors (Lipinski definition) is 8. The van der Waals surface area contributed by atoms with E-state index >= 15 is 0 Å². The van der Waals surface area contributed by atoms with Crippen LogP contribution in [0.5, 0.6) is 0 Å². The highest BCUT2D eigenvalue weighted by atomic mass is 32.2. The number of rotatable bonds is 7. The molecule has 4 rings (SSSR count). The van der Waals surface area contributed by atoms with Crippen molar-refractivity contribution < 1.29 is 17.6 Å². The molecule has 1 atom stereocenters. The molecule has 1 N–H and O–H groups in total. The van der Waals surface area contributed by atoms with Crippen molar-refractivity contribution in [3.05, 3.63) is 30.0 Å². The number of benzene rings is 1. The van der Waals surface area contributed by atoms with Crippen molar-refractivity contribution >= 4 is 15.9 Å². The van der Waals surface area contributed by atoms with Crippen LogP contribution in [-0.2, 0) is 14.8 Å². The predicted octanol–water partition coefficient (Wildman–Crippen LogP) is 2.91. The minimum atomic E-state index is -3.52. The molecule has 0 saturated carbocycles. The molecular formula is C23H31N5O4S. The number of nitrogens with one attached hydrogen (secondary N) is 1. The molecule has 33 heavy (non-hydrogen) atoms. The lowest BCUT2D eigenvalue weighted by Gasteiger charge is -2.32. The van der Waals surface area contributed by atoms with Crippen molar-refractivity contribution in [3.63, 3.8) is 0 Å². The monoisotopic (exact) mass is 473 g/mol. The van der Waals surface area contributed by atoms with Gasteiger partial charge in [0.15, 0.2) is 0 Å². The number of anilines is 1. The van der Waals surface area contributed by atoms with Crippen LogP contribution >= 0.6 is 0 Å². The van der Waals surface area contributed by atoms with Crippen LogP contribution in [0.2, 0.25) is 0 Å². The molecule has 0 amide bonds. The molecule has 1 aromatic heterocycles. The molecule has 2 saturated heterocycles. The van der Waals surface area contributed by atoms with Gasteiger partial charge in [0.1, 0.15) is 6.07 Å². The molecule has 1 unspecified atom stereocenters. The summed E-state index contributed by atoms with van der Waals surface area (Å²) in [5.41, 5.74) is 0.802. The van der Waals surface area contributed by atoms with Crippen molar-refractivity contribution in [2.24, 2.45) is 0 Å². The van der Waals surface area contributed by atoms with Crippen LogP contribution in [0.1, 0.15) is 38.3 Å². The van der Waals surface area contributed by atoms with Gasteiger partial charge < -0.3 is 14.5 Å². The second-order valence-corrected chi connectivity index (χ2v) is 10.5. The second kappa shape index (κ2) is 10.7. The highest BCUT2D eigenvalue weighted by Crippen LogP contribution is 2.28. The van der Waals surface area contributed by atoms with E-state index in [9.17, 15) is 13.7 Å². The van der Waals surface area contributed by atoms with Gasteiger partial charge in [0.2, 0.25) is 27.5 Å². The molecule has 0 spiro atoms. The van der Waals surface area contributed by atoms with Crippen molar-refractivity contribution in [3.8, 4) is 17.5 Å². The Balaban J connectivity index is 1.45. The first-order valence-corrected chi connectivity index (χ1v) is 13.0. The maximum Gasteiger partial charge on any atom is 0.243 e. The van der Waals surface area contributed by atoms with Crippen molar-refractivity contribution in [2.75, 3.05) is 51.3 Å². The number of morpholine rings is 1. The average Bonchev–Trinajstić information content (AvgIpc) is 3.06. The lowest BCUT2D eigenvalue weighted by Crippen LogP contribution is -2.45. The molecule has 178 valence electrons. The zero-order chi connectivity index (χ0) is 23.3. The van der Waals surface area contributed by atoms with Crippen LogP contribution in [0.15, 0.2) is 33.6 Å². The van der Waals surface area contributed by atoms with E-state index in [-0.39, 0.29) is 22.5 Å². The van der Waals surface area contributed by atoms with Crippen LogP contribution in [0.25, 0.3) is 11.5 Å². The van der Waals surface area contributed by atoms with Crippen LogP contribution in [0.4, 0.5) is 5.88 Å². The lowest BCUT2D eigenvalue weighted by molar-refractivity contribution is 0.0226. The molecule has 1 aromatic carbocycles. The summed E-state index contributed by atoms with van der Waals surface area (Å²) in [6.07, 6.45) is 3.92. The minimum Gasteiger partial charge on any atom is -0.419 e. The van der Waals surface area contributed by atoms with Gasteiger partial charge in [0.25, 0.3) is 0 Å². The SMILES string of the molecule is CC(CNc1oc(-c2ccc(S(=O)(=O)N3CCCCCC3)cc2)nc1C#N)N1CCOCC1. The van der Waals surface area contributed by atoms with Crippen LogP contribution in [-0.4, -0.2) is 74.6 Å². The molecule has 2 aliphatic rings. The molecule has 2 fully saturated rings. The van der Waals surface area contributed by atoms with Crippen LogP contribution < -0.4 is 5.32 Å². The number of oxazole rings is 1. The van der Waals surface area contributed by atoms with Gasteiger partial charge in [-0.05, 0) is 44.0 Å². The minimum absolute atomic E-state index is 0.181. The zero-order valence-electron chi connectivity index (χ0n) is 19.0. The van der Waals surface area contributed by atoms with E-state index in [1.54, 1.807) is 28.6 Å². The first kappa shape index (κ1) is 23.7. The molecule has 10 heteroatoms. The van der Waals surface area contributed by atoms with E-state index in [1.807, 2.05) is 0 Å².